The van der Waals surface area contributed by atoms with Gasteiger partial charge in [-0.05, 0) is 37.9 Å². The summed E-state index contributed by atoms with van der Waals surface area (Å²) in [5.74, 6) is 0.143. The van der Waals surface area contributed by atoms with Crippen LogP contribution in [0.1, 0.15) is 36.7 Å². The molecular weight excluding hydrogens is 292 g/mol. The first-order chi connectivity index (χ1) is 11.0. The lowest BCUT2D eigenvalue weighted by Crippen LogP contribution is -2.36. The van der Waals surface area contributed by atoms with Crippen LogP contribution in [0.15, 0.2) is 18.2 Å². The van der Waals surface area contributed by atoms with Crippen molar-refractivity contribution in [2.24, 2.45) is 0 Å². The first-order valence-corrected chi connectivity index (χ1v) is 8.12. The molecule has 2 amide bonds. The molecule has 1 unspecified atom stereocenters. The second-order valence-corrected chi connectivity index (χ2v) is 6.14. The smallest absolute Gasteiger partial charge is 0.236 e. The molecule has 1 aliphatic rings. The number of rotatable bonds is 6. The van der Waals surface area contributed by atoms with Crippen LogP contribution in [0, 0.1) is 0 Å². The van der Waals surface area contributed by atoms with Gasteiger partial charge in [-0.15, -0.1) is 0 Å². The molecule has 0 aliphatic carbocycles. The quantitative estimate of drug-likeness (QED) is 0.849. The molecule has 1 atom stereocenters. The highest BCUT2D eigenvalue weighted by Gasteiger charge is 2.29. The number of nitrogens with zero attached hydrogens (tertiary/aromatic N) is 3. The Kier molecular flexibility index (Phi) is 6.10. The van der Waals surface area contributed by atoms with Gasteiger partial charge in [-0.1, -0.05) is 6.07 Å². The number of likely N-dealkylation sites (tertiary alicyclic amines) is 1. The lowest BCUT2D eigenvalue weighted by molar-refractivity contribution is -0.130. The van der Waals surface area contributed by atoms with E-state index in [1.165, 1.54) is 0 Å². The molecular formula is C17H26N4O2. The van der Waals surface area contributed by atoms with Gasteiger partial charge in [0.25, 0.3) is 0 Å². The van der Waals surface area contributed by atoms with Crippen LogP contribution in [0.5, 0.6) is 0 Å². The number of hydrogen-bond donors (Lipinski definition) is 1. The predicted molar refractivity (Wildman–Crippen MR) is 88.9 cm³/mol. The summed E-state index contributed by atoms with van der Waals surface area (Å²) >= 11 is 0. The molecule has 0 bridgehead atoms. The van der Waals surface area contributed by atoms with Gasteiger partial charge in [-0.3, -0.25) is 19.5 Å². The molecule has 2 rings (SSSR count). The number of aromatic nitrogens is 1. The van der Waals surface area contributed by atoms with Gasteiger partial charge >= 0.3 is 0 Å². The zero-order valence-corrected chi connectivity index (χ0v) is 14.2. The Morgan fingerprint density at radius 1 is 1.39 bits per heavy atom. The number of nitrogens with one attached hydrogen (secondary N) is 1. The molecule has 0 saturated carbocycles. The van der Waals surface area contributed by atoms with Gasteiger partial charge in [-0.2, -0.15) is 0 Å². The van der Waals surface area contributed by atoms with Crippen molar-refractivity contribution in [3.63, 3.8) is 0 Å². The van der Waals surface area contributed by atoms with Crippen molar-refractivity contribution in [1.82, 2.24) is 20.1 Å². The number of carbonyl (C=O) groups is 2. The van der Waals surface area contributed by atoms with Crippen LogP contribution in [0.3, 0.4) is 0 Å². The maximum atomic E-state index is 12.0. The van der Waals surface area contributed by atoms with E-state index in [-0.39, 0.29) is 17.9 Å². The van der Waals surface area contributed by atoms with E-state index < -0.39 is 0 Å². The normalized spacial score (nSPS) is 18.0. The standard InChI is InChI=1S/C17H26N4O2/c1-18-16(22)10-9-13-6-4-7-14(19-13)15-8-5-11-21(15)12-17(23)20(2)3/h4,6-7,15H,5,8-12H2,1-3H3,(H,18,22). The van der Waals surface area contributed by atoms with Crippen molar-refractivity contribution in [2.45, 2.75) is 31.7 Å². The van der Waals surface area contributed by atoms with Gasteiger partial charge in [0, 0.05) is 33.3 Å². The van der Waals surface area contributed by atoms with Crippen molar-refractivity contribution in [3.8, 4) is 0 Å². The summed E-state index contributed by atoms with van der Waals surface area (Å²) in [5, 5.41) is 2.63. The Morgan fingerprint density at radius 2 is 2.17 bits per heavy atom. The number of aryl methyl sites for hydroxylation is 1. The lowest BCUT2D eigenvalue weighted by Gasteiger charge is -2.25. The summed E-state index contributed by atoms with van der Waals surface area (Å²) in [6.07, 6.45) is 3.18. The van der Waals surface area contributed by atoms with E-state index in [4.69, 9.17) is 4.98 Å². The minimum atomic E-state index is 0.0243. The fourth-order valence-corrected chi connectivity index (χ4v) is 2.86. The SMILES string of the molecule is CNC(=O)CCc1cccc(C2CCCN2CC(=O)N(C)C)n1. The summed E-state index contributed by atoms with van der Waals surface area (Å²) in [4.78, 5) is 31.9. The number of amides is 2. The van der Waals surface area contributed by atoms with Crippen molar-refractivity contribution in [3.05, 3.63) is 29.6 Å². The highest BCUT2D eigenvalue weighted by Crippen LogP contribution is 2.30. The van der Waals surface area contributed by atoms with Crippen LogP contribution in [-0.2, 0) is 16.0 Å². The molecule has 1 N–H and O–H groups in total. The number of pyridine rings is 1. The molecule has 0 aromatic carbocycles. The van der Waals surface area contributed by atoms with Crippen LogP contribution >= 0.6 is 0 Å². The van der Waals surface area contributed by atoms with Crippen LogP contribution in [0.25, 0.3) is 0 Å². The molecule has 1 saturated heterocycles. The van der Waals surface area contributed by atoms with Crippen molar-refractivity contribution < 1.29 is 9.59 Å². The minimum Gasteiger partial charge on any atom is -0.359 e. The summed E-state index contributed by atoms with van der Waals surface area (Å²) in [5.41, 5.74) is 1.93. The predicted octanol–water partition coefficient (Wildman–Crippen LogP) is 0.985. The zero-order chi connectivity index (χ0) is 16.8. The molecule has 1 fully saturated rings. The second kappa shape index (κ2) is 8.06. The van der Waals surface area contributed by atoms with E-state index in [1.54, 1.807) is 26.0 Å². The van der Waals surface area contributed by atoms with E-state index in [1.807, 2.05) is 18.2 Å². The summed E-state index contributed by atoms with van der Waals surface area (Å²) in [7, 11) is 5.21. The molecule has 6 heteroatoms. The lowest BCUT2D eigenvalue weighted by atomic mass is 10.1. The Bertz CT molecular complexity index is 559. The Labute approximate surface area is 137 Å². The van der Waals surface area contributed by atoms with Crippen LogP contribution in [0.2, 0.25) is 0 Å². The molecule has 126 valence electrons. The third kappa shape index (κ3) is 4.76. The Hall–Kier alpha value is -1.95. The fourth-order valence-electron chi connectivity index (χ4n) is 2.86. The fraction of sp³-hybridized carbons (Fsp3) is 0.588. The highest BCUT2D eigenvalue weighted by atomic mass is 16.2. The highest BCUT2D eigenvalue weighted by molar-refractivity contribution is 5.77. The average molecular weight is 318 g/mol. The Balaban J connectivity index is 2.04. The van der Waals surface area contributed by atoms with E-state index in [0.717, 1.165) is 30.8 Å². The third-order valence-corrected chi connectivity index (χ3v) is 4.26. The molecule has 1 aliphatic heterocycles. The molecule has 0 spiro atoms. The number of likely N-dealkylation sites (N-methyl/N-ethyl adjacent to an activating group) is 1. The summed E-state index contributed by atoms with van der Waals surface area (Å²) < 4.78 is 0. The first-order valence-electron chi connectivity index (χ1n) is 8.12. The van der Waals surface area contributed by atoms with Crippen LogP contribution in [0.4, 0.5) is 0 Å². The summed E-state index contributed by atoms with van der Waals surface area (Å²) in [6, 6.07) is 6.16. The van der Waals surface area contributed by atoms with E-state index in [2.05, 4.69) is 10.2 Å². The maximum absolute atomic E-state index is 12.0. The first kappa shape index (κ1) is 17.4. The second-order valence-electron chi connectivity index (χ2n) is 6.14. The number of carbonyl (C=O) groups excluding carboxylic acids is 2. The molecule has 1 aromatic heterocycles. The van der Waals surface area contributed by atoms with Crippen LogP contribution < -0.4 is 5.32 Å². The van der Waals surface area contributed by atoms with Gasteiger partial charge in [0.05, 0.1) is 18.3 Å². The average Bonchev–Trinajstić information content (AvgIpc) is 3.00. The molecule has 0 radical (unpaired) electrons. The zero-order valence-electron chi connectivity index (χ0n) is 14.2. The van der Waals surface area contributed by atoms with E-state index >= 15 is 0 Å². The molecule has 6 nitrogen and oxygen atoms in total. The molecule has 1 aromatic rings. The van der Waals surface area contributed by atoms with Gasteiger partial charge in [0.2, 0.25) is 11.8 Å². The van der Waals surface area contributed by atoms with E-state index in [0.29, 0.717) is 19.4 Å². The Morgan fingerprint density at radius 3 is 2.87 bits per heavy atom. The molecule has 2 heterocycles. The third-order valence-electron chi connectivity index (χ3n) is 4.26. The number of hydrogen-bond acceptors (Lipinski definition) is 4. The van der Waals surface area contributed by atoms with Gasteiger partial charge in [-0.25, -0.2) is 0 Å². The van der Waals surface area contributed by atoms with Gasteiger partial charge < -0.3 is 10.2 Å². The minimum absolute atomic E-state index is 0.0243. The topological polar surface area (TPSA) is 65.5 Å². The van der Waals surface area contributed by atoms with Crippen molar-refractivity contribution in [1.29, 1.82) is 0 Å². The largest absolute Gasteiger partial charge is 0.359 e. The maximum Gasteiger partial charge on any atom is 0.236 e. The van der Waals surface area contributed by atoms with Crippen molar-refractivity contribution >= 4 is 11.8 Å². The monoisotopic (exact) mass is 318 g/mol. The van der Waals surface area contributed by atoms with Gasteiger partial charge in [0.15, 0.2) is 0 Å². The van der Waals surface area contributed by atoms with Crippen LogP contribution in [-0.4, -0.2) is 60.8 Å². The molecule has 23 heavy (non-hydrogen) atoms. The van der Waals surface area contributed by atoms with Crippen molar-refractivity contribution in [2.75, 3.05) is 34.2 Å². The van der Waals surface area contributed by atoms with E-state index in [9.17, 15) is 9.59 Å². The summed E-state index contributed by atoms with van der Waals surface area (Å²) in [6.45, 7) is 1.36. The van der Waals surface area contributed by atoms with Gasteiger partial charge in [0.1, 0.15) is 0 Å².